The number of hydrazone groups is 4. The van der Waals surface area contributed by atoms with Gasteiger partial charge in [-0.15, -0.1) is 4.78 Å². The molecular weight excluding hydrogens is 1910 g/mol. The molecule has 8 aliphatic rings. The van der Waals surface area contributed by atoms with Crippen molar-refractivity contribution < 1.29 is 63.7 Å². The quantitative estimate of drug-likeness (QED) is 0.0336. The zero-order valence-electron chi connectivity index (χ0n) is 78.9. The zero-order chi connectivity index (χ0) is 96.6. The van der Waals surface area contributed by atoms with Crippen molar-refractivity contribution in [1.29, 1.82) is 0 Å². The van der Waals surface area contributed by atoms with E-state index in [-0.39, 0.29) is 143 Å². The number of hydrogen-bond donors (Lipinski definition) is 2. The largest absolute Gasteiger partial charge is 0.497 e. The van der Waals surface area contributed by atoms with Gasteiger partial charge in [0.1, 0.15) is 31.2 Å². The molecule has 17 rings (SSSR count). The van der Waals surface area contributed by atoms with Gasteiger partial charge in [-0.3, -0.25) is 24.0 Å². The topological polar surface area (TPSA) is 384 Å². The van der Waals surface area contributed by atoms with Gasteiger partial charge in [-0.05, 0) is 207 Å². The molecule has 4 amide bonds. The number of rotatable bonds is 14. The van der Waals surface area contributed by atoms with Crippen LogP contribution in [0.3, 0.4) is 0 Å². The SMILES string of the molecule is C.C.C.C.C.C.C.C.CC(=O)O.CC(=O)OI(OC(C)=O)c1ccccc1.COc1ccc([C@@H]2[C@@H]3CCc4ccc(C)cc4C3=NN2C(C)=O)cc1.COc1ccc([C@@H]2[C@@H]3C[C@@H](N(C)C)c4ccc(C)cc4C3=NN2C(C)=O)cc1.COc1ccc([C@@H]2[C@@H]3C[C@@H](N)c4ccc(C)cc4C3=NN2C(C)=O)cc1.COc1ccc([C@@H]2[C@@H]3C[C@@H](N=[N+]=[N-])c4ccc(C)cc4C3=NN2C(C)=O)cc1.C[Si](C)(C)N=[N+]=[N-]. The summed E-state index contributed by atoms with van der Waals surface area (Å²) in [5.41, 5.74) is 45.5. The van der Waals surface area contributed by atoms with E-state index < -0.39 is 46.8 Å². The molecule has 760 valence electrons. The summed E-state index contributed by atoms with van der Waals surface area (Å²) in [6, 6.07) is 65.6. The number of aliphatic carboxylic acids is 1. The molecule has 4 aliphatic heterocycles. The van der Waals surface area contributed by atoms with Crippen LogP contribution in [0.15, 0.2) is 230 Å². The van der Waals surface area contributed by atoms with Gasteiger partial charge >= 0.3 is 96.1 Å². The van der Waals surface area contributed by atoms with Crippen molar-refractivity contribution in [2.75, 3.05) is 42.5 Å². The van der Waals surface area contributed by atoms with Crippen LogP contribution in [0.5, 0.6) is 23.0 Å². The van der Waals surface area contributed by atoms with Crippen LogP contribution in [-0.2, 0) is 46.1 Å². The van der Waals surface area contributed by atoms with Crippen LogP contribution >= 0.6 is 20.6 Å². The maximum atomic E-state index is 12.5. The summed E-state index contributed by atoms with van der Waals surface area (Å²) in [4.78, 5) is 88.1. The number of hydrogen-bond acceptors (Lipinski definition) is 21. The van der Waals surface area contributed by atoms with E-state index in [0.717, 1.165) is 132 Å². The molecule has 9 aromatic carbocycles. The molecular formula is C109H149IN16O14Si. The van der Waals surface area contributed by atoms with E-state index in [0.29, 0.717) is 12.5 Å². The first-order valence-electron chi connectivity index (χ1n) is 43.8. The number of carbonyl (C=O) groups excluding carboxylic acids is 6. The summed E-state index contributed by atoms with van der Waals surface area (Å²) < 4.78 is 35.5. The molecule has 9 aromatic rings. The number of nitrogens with two attached hydrogens (primary N) is 1. The number of fused-ring (bicyclic) bond motifs is 12. The molecule has 4 aliphatic carbocycles. The van der Waals surface area contributed by atoms with Crippen molar-refractivity contribution in [1.82, 2.24) is 24.9 Å². The molecule has 11 atom stereocenters. The summed E-state index contributed by atoms with van der Waals surface area (Å²) in [5, 5.41) is 37.0. The maximum absolute atomic E-state index is 12.5. The second-order valence-electron chi connectivity index (χ2n) is 34.7. The first kappa shape index (κ1) is 122. The number of halogens is 1. The predicted octanol–water partition coefficient (Wildman–Crippen LogP) is 25.5. The van der Waals surface area contributed by atoms with E-state index in [1.807, 2.05) is 154 Å². The fourth-order valence-corrected chi connectivity index (χ4v) is 20.9. The third-order valence-corrected chi connectivity index (χ3v) is 28.2. The van der Waals surface area contributed by atoms with E-state index in [4.69, 9.17) is 72.2 Å². The molecule has 0 unspecified atom stereocenters. The molecule has 0 spiro atoms. The minimum absolute atomic E-state index is 0. The summed E-state index contributed by atoms with van der Waals surface area (Å²) in [6.45, 7) is 24.2. The molecule has 0 aromatic heterocycles. The van der Waals surface area contributed by atoms with E-state index in [9.17, 15) is 28.8 Å². The van der Waals surface area contributed by atoms with Crippen molar-refractivity contribution >= 4 is 93.3 Å². The van der Waals surface area contributed by atoms with Crippen LogP contribution in [0.1, 0.15) is 265 Å². The summed E-state index contributed by atoms with van der Waals surface area (Å²) >= 11 is -2.59. The fraction of sp³-hybridized carbons (Fsp3) is 0.404. The van der Waals surface area contributed by atoms with Crippen LogP contribution in [0, 0.1) is 54.9 Å². The van der Waals surface area contributed by atoms with Crippen molar-refractivity contribution in [2.24, 2.45) is 59.7 Å². The number of aryl methyl sites for hydroxylation is 5. The van der Waals surface area contributed by atoms with E-state index in [1.165, 1.54) is 59.7 Å². The standard InChI is InChI=1S/C23H27N3O2.C21H21N5O2.C21H23N3O2.C21H22N2O2.C10H11IO4.C3H9N3Si.C2H4O2.8CH4/c1-14-6-11-18-19(12-14)22-20(13-21(18)25(3)4)23(26(24-22)15(2)27)16-7-9-17(28-5)10-8-16;1-12-4-9-16-17(10-12)20-18(11-19(16)23-25-22)21(26(24-20)13(2)27)14-5-7-15(28-3)8-6-14;1-12-4-9-16-17(10-12)20-18(11-19(16)22)21(24(23-20)13(2)25)14-5-7-15(26-3)8-6-14;1-13-4-5-15-8-11-18-20(19(15)12-13)22-23(14(2)24)21(18)16-6-9-17(25-3)10-7-16;1-8(12)14-11(15-9(2)13)10-6-4-3-5-7-10;1-7(2,3)6-5-4;1-2(3)4;;;;;;;;/h6-12,20-21,23H,13H2,1-5H3;4-10,18-19,21H,11H2,1-3H3;4-10,18-19,21H,11,22H2,1-3H3;4-7,9-10,12,18,21H,8,11H2,1-3H3;3-7H,1-2H3;1-3H3;1H3,(H,3,4);8*1H4/t20-,21-,23-;2*18-,19-,21-;18-,21-;;;;;;;;;;;/m1111.........../s1. The zero-order valence-corrected chi connectivity index (χ0v) is 82.0. The molecule has 0 saturated heterocycles. The van der Waals surface area contributed by atoms with Gasteiger partial charge < -0.3 is 34.7 Å². The Morgan fingerprint density at radius 2 is 0.738 bits per heavy atom. The monoisotopic (exact) mass is 2060 g/mol. The second-order valence-corrected chi connectivity index (χ2v) is 42.6. The Morgan fingerprint density at radius 1 is 0.426 bits per heavy atom. The molecule has 0 radical (unpaired) electrons. The molecule has 0 bridgehead atoms. The Bertz CT molecular complexity index is 5980. The van der Waals surface area contributed by atoms with E-state index in [2.05, 4.69) is 120 Å². The van der Waals surface area contributed by atoms with Gasteiger partial charge in [0.05, 0.1) is 81.5 Å². The van der Waals surface area contributed by atoms with Gasteiger partial charge in [0.25, 0.3) is 5.97 Å². The minimum atomic E-state index is -2.59. The number of carboxylic acids is 1. The molecule has 30 nitrogen and oxygen atoms in total. The Kier molecular flexibility index (Phi) is 47.0. The molecule has 0 fully saturated rings. The number of carboxylic acid groups (broad SMARTS) is 1. The Hall–Kier alpha value is -13.4. The van der Waals surface area contributed by atoms with E-state index in [1.54, 1.807) is 81.4 Å². The average Bonchev–Trinajstić information content (AvgIpc) is 1.59. The van der Waals surface area contributed by atoms with Gasteiger partial charge in [-0.2, -0.15) is 20.4 Å². The number of methoxy groups -OCH3 is 4. The smallest absolute Gasteiger partial charge is 0.240 e. The first-order chi connectivity index (χ1) is 63.4. The van der Waals surface area contributed by atoms with Crippen LogP contribution in [0.25, 0.3) is 20.9 Å². The summed E-state index contributed by atoms with van der Waals surface area (Å²) in [6.07, 6.45) is 4.35. The van der Waals surface area contributed by atoms with Crippen molar-refractivity contribution in [3.05, 3.63) is 314 Å². The van der Waals surface area contributed by atoms with Gasteiger partial charge in [0.15, 0.2) is 0 Å². The number of azide groups is 2. The van der Waals surface area contributed by atoms with Crippen molar-refractivity contribution in [2.45, 2.75) is 230 Å². The number of nitrogens with zero attached hydrogens (tertiary/aromatic N) is 15. The van der Waals surface area contributed by atoms with Crippen molar-refractivity contribution in [3.63, 3.8) is 0 Å². The summed E-state index contributed by atoms with van der Waals surface area (Å²) in [7, 11) is 9.39. The van der Waals surface area contributed by atoms with Gasteiger partial charge in [0.2, 0.25) is 23.6 Å². The Morgan fingerprint density at radius 3 is 1.06 bits per heavy atom. The van der Waals surface area contributed by atoms with Crippen LogP contribution < -0.4 is 24.7 Å². The normalized spacial score (nSPS) is 19.1. The molecule has 4 heterocycles. The Balaban J connectivity index is 0.000000439. The minimum Gasteiger partial charge on any atom is -0.497 e. The van der Waals surface area contributed by atoms with Gasteiger partial charge in [0, 0.05) is 97.5 Å². The number of carbonyl (C=O) groups is 7. The van der Waals surface area contributed by atoms with Gasteiger partial charge in [-0.25, -0.2) is 20.0 Å². The first-order valence-corrected chi connectivity index (χ1v) is 50.1. The molecule has 0 saturated carbocycles. The summed E-state index contributed by atoms with van der Waals surface area (Å²) in [5.74, 6) is 1.75. The van der Waals surface area contributed by atoms with Crippen molar-refractivity contribution in [3.8, 4) is 23.0 Å². The average molecular weight is 2060 g/mol. The van der Waals surface area contributed by atoms with Gasteiger partial charge in [-0.1, -0.05) is 203 Å². The second kappa shape index (κ2) is 54.4. The number of benzene rings is 9. The number of amides is 4. The third-order valence-electron chi connectivity index (χ3n) is 23.7. The maximum Gasteiger partial charge on any atom is 0.240 e. The molecule has 32 heteroatoms. The van der Waals surface area contributed by atoms with Crippen LogP contribution in [0.4, 0.5) is 0 Å². The third kappa shape index (κ3) is 29.4. The van der Waals surface area contributed by atoms with E-state index >= 15 is 0 Å². The van der Waals surface area contributed by atoms with Crippen LogP contribution in [0.2, 0.25) is 19.6 Å². The Labute approximate surface area is 845 Å². The molecule has 3 N–H and O–H groups in total. The molecule has 141 heavy (non-hydrogen) atoms. The number of ether oxygens (including phenoxy) is 4. The fourth-order valence-electron chi connectivity index (χ4n) is 17.9. The predicted molar refractivity (Wildman–Crippen MR) is 578 cm³/mol. The van der Waals surface area contributed by atoms with Crippen LogP contribution in [-0.4, -0.2) is 145 Å².